The van der Waals surface area contributed by atoms with Crippen molar-refractivity contribution in [1.82, 2.24) is 19.5 Å². The third-order valence-corrected chi connectivity index (χ3v) is 5.64. The second-order valence-electron chi connectivity index (χ2n) is 8.53. The van der Waals surface area contributed by atoms with Crippen LogP contribution in [-0.4, -0.2) is 56.7 Å². The maximum absolute atomic E-state index is 13.6. The summed E-state index contributed by atoms with van der Waals surface area (Å²) in [5, 5.41) is 2.47. The van der Waals surface area contributed by atoms with Gasteiger partial charge in [-0.15, -0.1) is 0 Å². The van der Waals surface area contributed by atoms with E-state index < -0.39 is 29.9 Å². The fraction of sp³-hybridized carbons (Fsp3) is 0.250. The van der Waals surface area contributed by atoms with E-state index in [9.17, 15) is 19.2 Å². The number of hydrogen-bond donors (Lipinski definition) is 1. The Hall–Kier alpha value is -5.33. The zero-order valence-electron chi connectivity index (χ0n) is 22.6. The molecule has 0 aliphatic heterocycles. The van der Waals surface area contributed by atoms with Crippen molar-refractivity contribution in [2.24, 2.45) is 5.92 Å². The Balaban J connectivity index is 1.75. The van der Waals surface area contributed by atoms with Gasteiger partial charge in [0.25, 0.3) is 5.88 Å². The largest absolute Gasteiger partial charge is 0.465 e. The Morgan fingerprint density at radius 1 is 0.878 bits per heavy atom. The Bertz CT molecular complexity index is 1480. The standard InChI is InChI=1S/C28H28N6O7/c1-4-39-25(36)21(26(37)40-5-2)16-33-17-29-22-23(33)31-27(30-18(3)35)32-24(22)41-28(38)34(19-12-8-6-9-13-19)20-14-10-7-11-15-20/h6-15,17,21H,4-5,16H2,1-3H3,(H,30,31,32,35). The molecule has 13 heteroatoms. The van der Waals surface area contributed by atoms with Crippen molar-refractivity contribution in [3.8, 4) is 5.88 Å². The van der Waals surface area contributed by atoms with Crippen LogP contribution in [0.4, 0.5) is 22.1 Å². The number of ether oxygens (including phenoxy) is 3. The van der Waals surface area contributed by atoms with Crippen molar-refractivity contribution in [2.75, 3.05) is 23.4 Å². The number of hydrogen-bond acceptors (Lipinski definition) is 10. The molecule has 2 aromatic carbocycles. The van der Waals surface area contributed by atoms with E-state index in [1.165, 1.54) is 22.7 Å². The highest BCUT2D eigenvalue weighted by atomic mass is 16.6. The number of fused-ring (bicyclic) bond motifs is 1. The molecule has 0 aliphatic carbocycles. The summed E-state index contributed by atoms with van der Waals surface area (Å²) in [6, 6.07) is 17.7. The summed E-state index contributed by atoms with van der Waals surface area (Å²) in [7, 11) is 0. The number of anilines is 3. The lowest BCUT2D eigenvalue weighted by Crippen LogP contribution is -2.32. The minimum atomic E-state index is -1.32. The van der Waals surface area contributed by atoms with Gasteiger partial charge >= 0.3 is 18.0 Å². The van der Waals surface area contributed by atoms with Crippen LogP contribution >= 0.6 is 0 Å². The molecule has 41 heavy (non-hydrogen) atoms. The molecule has 2 aromatic heterocycles. The van der Waals surface area contributed by atoms with E-state index in [1.807, 2.05) is 12.1 Å². The Morgan fingerprint density at radius 2 is 1.44 bits per heavy atom. The van der Waals surface area contributed by atoms with Gasteiger partial charge in [-0.2, -0.15) is 9.97 Å². The van der Waals surface area contributed by atoms with E-state index in [2.05, 4.69) is 20.3 Å². The molecular weight excluding hydrogens is 532 g/mol. The number of carbonyl (C=O) groups is 4. The molecule has 2 heterocycles. The molecule has 4 aromatic rings. The molecule has 2 amide bonds. The van der Waals surface area contributed by atoms with Gasteiger partial charge in [-0.25, -0.2) is 14.7 Å². The first-order valence-corrected chi connectivity index (χ1v) is 12.8. The van der Waals surface area contributed by atoms with E-state index in [0.717, 1.165) is 0 Å². The van der Waals surface area contributed by atoms with E-state index in [-0.39, 0.29) is 42.8 Å². The first kappa shape index (κ1) is 28.7. The number of aromatic nitrogens is 4. The molecule has 0 bridgehead atoms. The normalized spacial score (nSPS) is 10.7. The monoisotopic (exact) mass is 560 g/mol. The van der Waals surface area contributed by atoms with Crippen LogP contribution in [0.2, 0.25) is 0 Å². The molecule has 0 fully saturated rings. The summed E-state index contributed by atoms with van der Waals surface area (Å²) in [6.45, 7) is 4.39. The smallest absolute Gasteiger partial charge is 0.425 e. The number of carbonyl (C=O) groups excluding carboxylic acids is 4. The van der Waals surface area contributed by atoms with Crippen LogP contribution in [-0.2, 0) is 30.4 Å². The van der Waals surface area contributed by atoms with Gasteiger partial charge in [0, 0.05) is 13.5 Å². The summed E-state index contributed by atoms with van der Waals surface area (Å²) in [5.74, 6) is -3.77. The number of benzene rings is 2. The average molecular weight is 561 g/mol. The maximum Gasteiger partial charge on any atom is 0.425 e. The SMILES string of the molecule is CCOC(=O)C(Cn1cnc2c(OC(=O)N(c3ccccc3)c3ccccc3)nc(NC(C)=O)nc21)C(=O)OCC. The van der Waals surface area contributed by atoms with E-state index in [0.29, 0.717) is 11.4 Å². The lowest BCUT2D eigenvalue weighted by atomic mass is 10.1. The number of nitrogens with one attached hydrogen (secondary N) is 1. The number of amides is 2. The first-order valence-electron chi connectivity index (χ1n) is 12.8. The van der Waals surface area contributed by atoms with Gasteiger partial charge in [-0.1, -0.05) is 36.4 Å². The van der Waals surface area contributed by atoms with Crippen LogP contribution < -0.4 is 15.0 Å². The molecule has 212 valence electrons. The summed E-state index contributed by atoms with van der Waals surface area (Å²) in [6.07, 6.45) is 0.507. The Labute approximate surface area is 235 Å². The number of para-hydroxylation sites is 2. The van der Waals surface area contributed by atoms with E-state index in [4.69, 9.17) is 14.2 Å². The van der Waals surface area contributed by atoms with Crippen molar-refractivity contribution in [3.63, 3.8) is 0 Å². The molecule has 0 unspecified atom stereocenters. The number of imidazole rings is 1. The quantitative estimate of drug-likeness (QED) is 0.223. The summed E-state index contributed by atoms with van der Waals surface area (Å²) in [4.78, 5) is 64.7. The van der Waals surface area contributed by atoms with Gasteiger partial charge in [-0.3, -0.25) is 19.7 Å². The van der Waals surface area contributed by atoms with Gasteiger partial charge in [0.05, 0.1) is 30.9 Å². The second-order valence-corrected chi connectivity index (χ2v) is 8.53. The number of esters is 2. The van der Waals surface area contributed by atoms with Gasteiger partial charge in [-0.05, 0) is 38.1 Å². The lowest BCUT2D eigenvalue weighted by Gasteiger charge is -2.22. The van der Waals surface area contributed by atoms with Crippen LogP contribution in [0.15, 0.2) is 67.0 Å². The molecule has 1 N–H and O–H groups in total. The minimum absolute atomic E-state index is 0.0555. The Kier molecular flexibility index (Phi) is 9.20. The Morgan fingerprint density at radius 3 is 1.95 bits per heavy atom. The average Bonchev–Trinajstić information content (AvgIpc) is 3.35. The number of nitrogens with zero attached hydrogens (tertiary/aromatic N) is 5. The van der Waals surface area contributed by atoms with Crippen LogP contribution in [0.1, 0.15) is 20.8 Å². The molecule has 0 saturated heterocycles. The molecule has 4 rings (SSSR count). The maximum atomic E-state index is 13.6. The van der Waals surface area contributed by atoms with E-state index in [1.54, 1.807) is 62.4 Å². The van der Waals surface area contributed by atoms with Crippen LogP contribution in [0.25, 0.3) is 11.2 Å². The minimum Gasteiger partial charge on any atom is -0.465 e. The van der Waals surface area contributed by atoms with E-state index >= 15 is 0 Å². The highest BCUT2D eigenvalue weighted by Crippen LogP contribution is 2.29. The predicted octanol–water partition coefficient (Wildman–Crippen LogP) is 3.86. The zero-order chi connectivity index (χ0) is 29.4. The van der Waals surface area contributed by atoms with Gasteiger partial charge < -0.3 is 18.8 Å². The highest BCUT2D eigenvalue weighted by Gasteiger charge is 2.32. The van der Waals surface area contributed by atoms with Gasteiger partial charge in [0.1, 0.15) is 0 Å². The summed E-state index contributed by atoms with van der Waals surface area (Å²) >= 11 is 0. The molecule has 13 nitrogen and oxygen atoms in total. The van der Waals surface area contributed by atoms with Crippen molar-refractivity contribution in [1.29, 1.82) is 0 Å². The van der Waals surface area contributed by atoms with Crippen molar-refractivity contribution in [3.05, 3.63) is 67.0 Å². The predicted molar refractivity (Wildman–Crippen MR) is 147 cm³/mol. The topological polar surface area (TPSA) is 155 Å². The first-order chi connectivity index (χ1) is 19.8. The molecule has 0 spiro atoms. The lowest BCUT2D eigenvalue weighted by molar-refractivity contribution is -0.162. The molecular formula is C28H28N6O7. The van der Waals surface area contributed by atoms with Crippen LogP contribution in [0.3, 0.4) is 0 Å². The fourth-order valence-corrected chi connectivity index (χ4v) is 3.91. The zero-order valence-corrected chi connectivity index (χ0v) is 22.6. The van der Waals surface area contributed by atoms with Crippen LogP contribution in [0, 0.1) is 5.92 Å². The van der Waals surface area contributed by atoms with Crippen molar-refractivity contribution < 1.29 is 33.4 Å². The number of rotatable bonds is 10. The third-order valence-electron chi connectivity index (χ3n) is 5.64. The third kappa shape index (κ3) is 6.82. The molecule has 0 aliphatic rings. The molecule has 0 atom stereocenters. The highest BCUT2D eigenvalue weighted by molar-refractivity contribution is 5.98. The van der Waals surface area contributed by atoms with Crippen molar-refractivity contribution in [2.45, 2.75) is 27.3 Å². The van der Waals surface area contributed by atoms with Crippen molar-refractivity contribution >= 4 is 52.4 Å². The van der Waals surface area contributed by atoms with Gasteiger partial charge in [0.15, 0.2) is 17.1 Å². The van der Waals surface area contributed by atoms with Crippen LogP contribution in [0.5, 0.6) is 5.88 Å². The molecule has 0 saturated carbocycles. The van der Waals surface area contributed by atoms with Gasteiger partial charge in [0.2, 0.25) is 11.9 Å². The molecule has 0 radical (unpaired) electrons. The summed E-state index contributed by atoms with van der Waals surface area (Å²) < 4.78 is 17.2. The fourth-order valence-electron chi connectivity index (χ4n) is 3.91. The second kappa shape index (κ2) is 13.2. The summed E-state index contributed by atoms with van der Waals surface area (Å²) in [5.41, 5.74) is 1.22.